The predicted octanol–water partition coefficient (Wildman–Crippen LogP) is 3.27. The third-order valence-corrected chi connectivity index (χ3v) is 4.33. The van der Waals surface area contributed by atoms with Crippen molar-refractivity contribution in [3.05, 3.63) is 58.9 Å². The molecule has 1 aliphatic heterocycles. The van der Waals surface area contributed by atoms with Crippen LogP contribution < -0.4 is 4.74 Å². The fraction of sp³-hybridized carbons (Fsp3) is 0.389. The SMILES string of the molecule is OC1CCN(Cc2cc(Cl)ccc2OCc2cccnc2)CC1. The summed E-state index contributed by atoms with van der Waals surface area (Å²) in [5.41, 5.74) is 2.12. The van der Waals surface area contributed by atoms with Gasteiger partial charge in [0.2, 0.25) is 0 Å². The van der Waals surface area contributed by atoms with Gasteiger partial charge in [0.05, 0.1) is 6.10 Å². The van der Waals surface area contributed by atoms with E-state index >= 15 is 0 Å². The van der Waals surface area contributed by atoms with Gasteiger partial charge in [0, 0.05) is 48.2 Å². The fourth-order valence-electron chi connectivity index (χ4n) is 2.78. The third-order valence-electron chi connectivity index (χ3n) is 4.09. The molecule has 2 heterocycles. The maximum absolute atomic E-state index is 9.62. The molecule has 0 saturated carbocycles. The number of nitrogens with zero attached hydrogens (tertiary/aromatic N) is 2. The second kappa shape index (κ2) is 7.77. The summed E-state index contributed by atoms with van der Waals surface area (Å²) in [6, 6.07) is 9.64. The van der Waals surface area contributed by atoms with E-state index in [2.05, 4.69) is 9.88 Å². The van der Waals surface area contributed by atoms with Crippen molar-refractivity contribution < 1.29 is 9.84 Å². The number of halogens is 1. The molecule has 1 aliphatic rings. The molecule has 0 unspecified atom stereocenters. The monoisotopic (exact) mass is 332 g/mol. The topological polar surface area (TPSA) is 45.6 Å². The Balaban J connectivity index is 1.67. The van der Waals surface area contributed by atoms with Gasteiger partial charge in [-0.1, -0.05) is 17.7 Å². The van der Waals surface area contributed by atoms with Gasteiger partial charge in [0.25, 0.3) is 0 Å². The normalized spacial score (nSPS) is 16.4. The molecule has 3 rings (SSSR count). The van der Waals surface area contributed by atoms with Gasteiger partial charge in [-0.3, -0.25) is 9.88 Å². The number of piperidine rings is 1. The fourth-order valence-corrected chi connectivity index (χ4v) is 2.97. The van der Waals surface area contributed by atoms with Crippen LogP contribution in [0.5, 0.6) is 5.75 Å². The van der Waals surface area contributed by atoms with Crippen LogP contribution in [0.15, 0.2) is 42.7 Å². The molecule has 0 aliphatic carbocycles. The van der Waals surface area contributed by atoms with E-state index in [1.807, 2.05) is 36.5 Å². The Labute approximate surface area is 141 Å². The lowest BCUT2D eigenvalue weighted by atomic mass is 10.1. The molecule has 23 heavy (non-hydrogen) atoms. The smallest absolute Gasteiger partial charge is 0.124 e. The minimum Gasteiger partial charge on any atom is -0.489 e. The van der Waals surface area contributed by atoms with Gasteiger partial charge in [-0.05, 0) is 37.1 Å². The summed E-state index contributed by atoms with van der Waals surface area (Å²) in [6.45, 7) is 3.07. The largest absolute Gasteiger partial charge is 0.489 e. The van der Waals surface area contributed by atoms with E-state index in [1.54, 1.807) is 6.20 Å². The maximum atomic E-state index is 9.62. The number of hydrogen-bond donors (Lipinski definition) is 1. The van der Waals surface area contributed by atoms with Crippen molar-refractivity contribution in [1.29, 1.82) is 0 Å². The molecule has 1 fully saturated rings. The molecule has 122 valence electrons. The minimum absolute atomic E-state index is 0.160. The molecule has 0 spiro atoms. The number of pyridine rings is 1. The van der Waals surface area contributed by atoms with Crippen molar-refractivity contribution in [2.75, 3.05) is 13.1 Å². The average molecular weight is 333 g/mol. The molecular formula is C18H21ClN2O2. The van der Waals surface area contributed by atoms with E-state index in [1.165, 1.54) is 0 Å². The van der Waals surface area contributed by atoms with Crippen molar-refractivity contribution >= 4 is 11.6 Å². The van der Waals surface area contributed by atoms with Crippen molar-refractivity contribution in [1.82, 2.24) is 9.88 Å². The van der Waals surface area contributed by atoms with E-state index in [0.717, 1.165) is 49.4 Å². The highest BCUT2D eigenvalue weighted by Crippen LogP contribution is 2.26. The van der Waals surface area contributed by atoms with Crippen LogP contribution >= 0.6 is 11.6 Å². The second-order valence-electron chi connectivity index (χ2n) is 5.91. The molecule has 5 heteroatoms. The number of ether oxygens (including phenoxy) is 1. The quantitative estimate of drug-likeness (QED) is 0.912. The van der Waals surface area contributed by atoms with Crippen LogP contribution in [-0.4, -0.2) is 34.2 Å². The third kappa shape index (κ3) is 4.67. The molecule has 1 saturated heterocycles. The van der Waals surface area contributed by atoms with Crippen LogP contribution in [0, 0.1) is 0 Å². The van der Waals surface area contributed by atoms with Gasteiger partial charge >= 0.3 is 0 Å². The first-order valence-electron chi connectivity index (χ1n) is 7.91. The lowest BCUT2D eigenvalue weighted by molar-refractivity contribution is 0.0787. The van der Waals surface area contributed by atoms with Gasteiger partial charge in [0.1, 0.15) is 12.4 Å². The van der Waals surface area contributed by atoms with Crippen LogP contribution in [0.4, 0.5) is 0 Å². The predicted molar refractivity (Wildman–Crippen MR) is 90.5 cm³/mol. The number of likely N-dealkylation sites (tertiary alicyclic amines) is 1. The highest BCUT2D eigenvalue weighted by Gasteiger charge is 2.18. The summed E-state index contributed by atoms with van der Waals surface area (Å²) >= 11 is 6.15. The molecule has 1 aromatic heterocycles. The summed E-state index contributed by atoms with van der Waals surface area (Å²) in [4.78, 5) is 6.43. The molecule has 0 atom stereocenters. The van der Waals surface area contributed by atoms with Crippen LogP contribution in [0.25, 0.3) is 0 Å². The minimum atomic E-state index is -0.160. The van der Waals surface area contributed by atoms with Crippen molar-refractivity contribution in [3.8, 4) is 5.75 Å². The standard InChI is InChI=1S/C18H21ClN2O2/c19-16-3-4-18(23-13-14-2-1-7-20-11-14)15(10-16)12-21-8-5-17(22)6-9-21/h1-4,7,10-11,17,22H,5-6,8-9,12-13H2. The van der Waals surface area contributed by atoms with E-state index < -0.39 is 0 Å². The number of aliphatic hydroxyl groups is 1. The first-order chi connectivity index (χ1) is 11.2. The average Bonchev–Trinajstić information content (AvgIpc) is 2.57. The molecule has 2 aromatic rings. The molecule has 1 N–H and O–H groups in total. The van der Waals surface area contributed by atoms with Crippen LogP contribution in [0.2, 0.25) is 5.02 Å². The van der Waals surface area contributed by atoms with Crippen molar-refractivity contribution in [2.45, 2.75) is 32.1 Å². The van der Waals surface area contributed by atoms with Crippen LogP contribution in [0.3, 0.4) is 0 Å². The van der Waals surface area contributed by atoms with Crippen molar-refractivity contribution in [3.63, 3.8) is 0 Å². The Hall–Kier alpha value is -1.62. The molecule has 0 radical (unpaired) electrons. The zero-order chi connectivity index (χ0) is 16.1. The summed E-state index contributed by atoms with van der Waals surface area (Å²) in [5, 5.41) is 10.3. The van der Waals surface area contributed by atoms with E-state index in [0.29, 0.717) is 11.6 Å². The van der Waals surface area contributed by atoms with E-state index in [9.17, 15) is 5.11 Å². The van der Waals surface area contributed by atoms with Gasteiger partial charge < -0.3 is 9.84 Å². The van der Waals surface area contributed by atoms with E-state index in [-0.39, 0.29) is 6.10 Å². The number of benzene rings is 1. The Morgan fingerprint density at radius 2 is 2.09 bits per heavy atom. The number of rotatable bonds is 5. The zero-order valence-corrected chi connectivity index (χ0v) is 13.7. The molecule has 0 bridgehead atoms. The van der Waals surface area contributed by atoms with Crippen LogP contribution in [-0.2, 0) is 13.2 Å². The Morgan fingerprint density at radius 3 is 2.83 bits per heavy atom. The first kappa shape index (κ1) is 16.2. The number of aromatic nitrogens is 1. The lowest BCUT2D eigenvalue weighted by Crippen LogP contribution is -2.35. The highest BCUT2D eigenvalue weighted by atomic mass is 35.5. The Bertz CT molecular complexity index is 628. The van der Waals surface area contributed by atoms with Gasteiger partial charge in [-0.2, -0.15) is 0 Å². The second-order valence-corrected chi connectivity index (χ2v) is 6.35. The van der Waals surface area contributed by atoms with Crippen LogP contribution in [0.1, 0.15) is 24.0 Å². The summed E-state index contributed by atoms with van der Waals surface area (Å²) in [6.07, 6.45) is 5.05. The maximum Gasteiger partial charge on any atom is 0.124 e. The lowest BCUT2D eigenvalue weighted by Gasteiger charge is -2.30. The first-order valence-corrected chi connectivity index (χ1v) is 8.29. The molecule has 0 amide bonds. The number of hydrogen-bond acceptors (Lipinski definition) is 4. The molecule has 4 nitrogen and oxygen atoms in total. The summed E-state index contributed by atoms with van der Waals surface area (Å²) in [5.74, 6) is 0.851. The molecular weight excluding hydrogens is 312 g/mol. The van der Waals surface area contributed by atoms with Gasteiger partial charge in [-0.25, -0.2) is 0 Å². The van der Waals surface area contributed by atoms with E-state index in [4.69, 9.17) is 16.3 Å². The summed E-state index contributed by atoms with van der Waals surface area (Å²) in [7, 11) is 0. The summed E-state index contributed by atoms with van der Waals surface area (Å²) < 4.78 is 5.97. The number of aliphatic hydroxyl groups excluding tert-OH is 1. The highest BCUT2D eigenvalue weighted by molar-refractivity contribution is 6.30. The Morgan fingerprint density at radius 1 is 1.26 bits per heavy atom. The zero-order valence-electron chi connectivity index (χ0n) is 13.0. The Kier molecular flexibility index (Phi) is 5.49. The van der Waals surface area contributed by atoms with Gasteiger partial charge in [-0.15, -0.1) is 0 Å². The van der Waals surface area contributed by atoms with Crippen molar-refractivity contribution in [2.24, 2.45) is 0 Å². The van der Waals surface area contributed by atoms with Gasteiger partial charge in [0.15, 0.2) is 0 Å². The molecule has 1 aromatic carbocycles.